The Bertz CT molecular complexity index is 343. The maximum Gasteiger partial charge on any atom is 0.0890 e. The van der Waals surface area contributed by atoms with Gasteiger partial charge in [-0.25, -0.2) is 0 Å². The predicted molar refractivity (Wildman–Crippen MR) is 71.0 cm³/mol. The van der Waals surface area contributed by atoms with E-state index in [1.165, 1.54) is 5.56 Å². The van der Waals surface area contributed by atoms with E-state index in [0.717, 1.165) is 12.0 Å². The van der Waals surface area contributed by atoms with Gasteiger partial charge in [0.25, 0.3) is 0 Å². The van der Waals surface area contributed by atoms with Crippen LogP contribution in [0.25, 0.3) is 0 Å². The SMILES string of the molecule is COCCC(C)(O)c1cccc(CC(C)C)c1. The minimum atomic E-state index is -0.803. The molecule has 0 spiro atoms. The van der Waals surface area contributed by atoms with Crippen LogP contribution in [0, 0.1) is 5.92 Å². The van der Waals surface area contributed by atoms with E-state index in [2.05, 4.69) is 26.0 Å². The zero-order valence-electron chi connectivity index (χ0n) is 11.4. The number of ether oxygens (including phenoxy) is 1. The summed E-state index contributed by atoms with van der Waals surface area (Å²) in [5, 5.41) is 10.4. The van der Waals surface area contributed by atoms with Crippen LogP contribution in [0.1, 0.15) is 38.3 Å². The van der Waals surface area contributed by atoms with Gasteiger partial charge in [-0.15, -0.1) is 0 Å². The molecule has 0 aromatic heterocycles. The lowest BCUT2D eigenvalue weighted by molar-refractivity contribution is 0.0210. The van der Waals surface area contributed by atoms with E-state index < -0.39 is 5.60 Å². The van der Waals surface area contributed by atoms with Crippen LogP contribution in [0.15, 0.2) is 24.3 Å². The Morgan fingerprint density at radius 2 is 2.06 bits per heavy atom. The van der Waals surface area contributed by atoms with Crippen LogP contribution in [0.5, 0.6) is 0 Å². The summed E-state index contributed by atoms with van der Waals surface area (Å²) in [5.41, 5.74) is 1.46. The van der Waals surface area contributed by atoms with E-state index in [0.29, 0.717) is 18.9 Å². The van der Waals surface area contributed by atoms with Crippen LogP contribution in [0.3, 0.4) is 0 Å². The molecule has 1 aromatic carbocycles. The number of methoxy groups -OCH3 is 1. The molecule has 2 heteroatoms. The monoisotopic (exact) mass is 236 g/mol. The second kappa shape index (κ2) is 6.18. The van der Waals surface area contributed by atoms with Gasteiger partial charge in [0, 0.05) is 20.1 Å². The highest BCUT2D eigenvalue weighted by atomic mass is 16.5. The normalized spacial score (nSPS) is 14.9. The highest BCUT2D eigenvalue weighted by Gasteiger charge is 2.22. The van der Waals surface area contributed by atoms with Gasteiger partial charge in [0.1, 0.15) is 0 Å². The van der Waals surface area contributed by atoms with Gasteiger partial charge in [-0.1, -0.05) is 38.1 Å². The molecule has 0 heterocycles. The molecule has 2 nitrogen and oxygen atoms in total. The number of rotatable bonds is 6. The molecule has 1 atom stereocenters. The van der Waals surface area contributed by atoms with Crippen molar-refractivity contribution < 1.29 is 9.84 Å². The molecule has 0 aliphatic heterocycles. The van der Waals surface area contributed by atoms with E-state index in [4.69, 9.17) is 4.74 Å². The molecular formula is C15H24O2. The van der Waals surface area contributed by atoms with Gasteiger partial charge < -0.3 is 9.84 Å². The van der Waals surface area contributed by atoms with Crippen molar-refractivity contribution in [2.45, 2.75) is 39.2 Å². The second-order valence-corrected chi connectivity index (χ2v) is 5.32. The highest BCUT2D eigenvalue weighted by Crippen LogP contribution is 2.25. The molecule has 0 aliphatic rings. The molecule has 17 heavy (non-hydrogen) atoms. The molecule has 0 radical (unpaired) electrons. The van der Waals surface area contributed by atoms with Crippen molar-refractivity contribution >= 4 is 0 Å². The lowest BCUT2D eigenvalue weighted by atomic mass is 9.90. The molecule has 0 amide bonds. The molecule has 0 bridgehead atoms. The average molecular weight is 236 g/mol. The van der Waals surface area contributed by atoms with Gasteiger partial charge in [0.05, 0.1) is 5.60 Å². The van der Waals surface area contributed by atoms with Gasteiger partial charge in [-0.3, -0.25) is 0 Å². The molecule has 0 saturated heterocycles. The van der Waals surface area contributed by atoms with Crippen molar-refractivity contribution in [2.24, 2.45) is 5.92 Å². The number of aliphatic hydroxyl groups is 1. The third-order valence-corrected chi connectivity index (χ3v) is 2.99. The zero-order chi connectivity index (χ0) is 12.9. The van der Waals surface area contributed by atoms with Crippen molar-refractivity contribution in [3.63, 3.8) is 0 Å². The van der Waals surface area contributed by atoms with Crippen molar-refractivity contribution in [3.8, 4) is 0 Å². The summed E-state index contributed by atoms with van der Waals surface area (Å²) < 4.78 is 5.03. The Morgan fingerprint density at radius 3 is 2.65 bits per heavy atom. The maximum atomic E-state index is 10.4. The lowest BCUT2D eigenvalue weighted by Crippen LogP contribution is -2.23. The first-order valence-corrected chi connectivity index (χ1v) is 6.26. The first-order chi connectivity index (χ1) is 7.95. The standard InChI is InChI=1S/C15H24O2/c1-12(2)10-13-6-5-7-14(11-13)15(3,16)8-9-17-4/h5-7,11-12,16H,8-10H2,1-4H3. The van der Waals surface area contributed by atoms with Crippen molar-refractivity contribution in [3.05, 3.63) is 35.4 Å². The third kappa shape index (κ3) is 4.49. The van der Waals surface area contributed by atoms with Crippen LogP contribution < -0.4 is 0 Å². The minimum Gasteiger partial charge on any atom is -0.385 e. The molecule has 0 saturated carbocycles. The maximum absolute atomic E-state index is 10.4. The Hall–Kier alpha value is -0.860. The predicted octanol–water partition coefficient (Wildman–Crippen LogP) is 3.13. The fourth-order valence-electron chi connectivity index (χ4n) is 1.95. The van der Waals surface area contributed by atoms with Crippen molar-refractivity contribution in [2.75, 3.05) is 13.7 Å². The van der Waals surface area contributed by atoms with E-state index in [1.54, 1.807) is 7.11 Å². The van der Waals surface area contributed by atoms with Gasteiger partial charge >= 0.3 is 0 Å². The quantitative estimate of drug-likeness (QED) is 0.822. The highest BCUT2D eigenvalue weighted by molar-refractivity contribution is 5.28. The fourth-order valence-corrected chi connectivity index (χ4v) is 1.95. The third-order valence-electron chi connectivity index (χ3n) is 2.99. The molecule has 1 rings (SSSR count). The van der Waals surface area contributed by atoms with E-state index >= 15 is 0 Å². The van der Waals surface area contributed by atoms with Crippen molar-refractivity contribution in [1.29, 1.82) is 0 Å². The Kier molecular flexibility index (Phi) is 5.16. The summed E-state index contributed by atoms with van der Waals surface area (Å²) in [4.78, 5) is 0. The lowest BCUT2D eigenvalue weighted by Gasteiger charge is -2.24. The summed E-state index contributed by atoms with van der Waals surface area (Å²) in [6, 6.07) is 8.24. The van der Waals surface area contributed by atoms with Crippen LogP contribution in [0.4, 0.5) is 0 Å². The van der Waals surface area contributed by atoms with Gasteiger partial charge in [0.15, 0.2) is 0 Å². The molecular weight excluding hydrogens is 212 g/mol. The molecule has 1 aromatic rings. The van der Waals surface area contributed by atoms with Gasteiger partial charge in [-0.2, -0.15) is 0 Å². The summed E-state index contributed by atoms with van der Waals surface area (Å²) in [6.45, 7) is 6.83. The van der Waals surface area contributed by atoms with E-state index in [1.807, 2.05) is 19.1 Å². The number of benzene rings is 1. The number of hydrogen-bond donors (Lipinski definition) is 1. The van der Waals surface area contributed by atoms with Gasteiger partial charge in [-0.05, 0) is 30.4 Å². The zero-order valence-corrected chi connectivity index (χ0v) is 11.4. The first kappa shape index (κ1) is 14.2. The smallest absolute Gasteiger partial charge is 0.0890 e. The molecule has 1 unspecified atom stereocenters. The Balaban J connectivity index is 2.82. The second-order valence-electron chi connectivity index (χ2n) is 5.32. The Morgan fingerprint density at radius 1 is 1.35 bits per heavy atom. The van der Waals surface area contributed by atoms with Crippen molar-refractivity contribution in [1.82, 2.24) is 0 Å². The van der Waals surface area contributed by atoms with Crippen LogP contribution >= 0.6 is 0 Å². The van der Waals surface area contributed by atoms with Gasteiger partial charge in [0.2, 0.25) is 0 Å². The first-order valence-electron chi connectivity index (χ1n) is 6.26. The molecule has 0 aliphatic carbocycles. The van der Waals surface area contributed by atoms with E-state index in [9.17, 15) is 5.11 Å². The van der Waals surface area contributed by atoms with Crippen LogP contribution in [-0.2, 0) is 16.8 Å². The average Bonchev–Trinajstić information content (AvgIpc) is 2.26. The molecule has 1 N–H and O–H groups in total. The molecule has 0 fully saturated rings. The number of hydrogen-bond acceptors (Lipinski definition) is 2. The minimum absolute atomic E-state index is 0.571. The van der Waals surface area contributed by atoms with E-state index in [-0.39, 0.29) is 0 Å². The molecule has 96 valence electrons. The van der Waals surface area contributed by atoms with Crippen LogP contribution in [-0.4, -0.2) is 18.8 Å². The summed E-state index contributed by atoms with van der Waals surface area (Å²) in [7, 11) is 1.66. The Labute approximate surface area is 105 Å². The fraction of sp³-hybridized carbons (Fsp3) is 0.600. The summed E-state index contributed by atoms with van der Waals surface area (Å²) in [5.74, 6) is 0.633. The topological polar surface area (TPSA) is 29.5 Å². The summed E-state index contributed by atoms with van der Waals surface area (Å²) >= 11 is 0. The van der Waals surface area contributed by atoms with Crippen LogP contribution in [0.2, 0.25) is 0 Å². The summed E-state index contributed by atoms with van der Waals surface area (Å²) in [6.07, 6.45) is 1.67. The largest absolute Gasteiger partial charge is 0.385 e.